The van der Waals surface area contributed by atoms with Crippen LogP contribution in [0, 0.1) is 0 Å². The minimum atomic E-state index is -0.166. The molecule has 4 nitrogen and oxygen atoms in total. The normalized spacial score (nSPS) is 14.4. The summed E-state index contributed by atoms with van der Waals surface area (Å²) in [6, 6.07) is 15.2. The zero-order valence-corrected chi connectivity index (χ0v) is 18.3. The second kappa shape index (κ2) is 10.7. The summed E-state index contributed by atoms with van der Waals surface area (Å²) in [7, 11) is 1.90. The van der Waals surface area contributed by atoms with E-state index in [0.717, 1.165) is 23.3 Å². The molecule has 0 aliphatic heterocycles. The molecule has 0 heterocycles. The molecule has 1 saturated carbocycles. The minimum Gasteiger partial charge on any atom is -0.348 e. The van der Waals surface area contributed by atoms with Crippen molar-refractivity contribution in [1.82, 2.24) is 10.2 Å². The molecule has 0 atom stereocenters. The lowest BCUT2D eigenvalue weighted by molar-refractivity contribution is -0.129. The number of hydrogen-bond donors (Lipinski definition) is 1. The Labute approximate surface area is 182 Å². The maximum Gasteiger partial charge on any atom is 0.252 e. The predicted molar refractivity (Wildman–Crippen MR) is 119 cm³/mol. The van der Waals surface area contributed by atoms with Crippen LogP contribution in [0.2, 0.25) is 5.02 Å². The molecular formula is C23H27ClN2O2S. The molecule has 3 rings (SSSR count). The molecule has 1 fully saturated rings. The molecule has 0 radical (unpaired) electrons. The first kappa shape index (κ1) is 21.7. The van der Waals surface area contributed by atoms with E-state index in [4.69, 9.17) is 11.6 Å². The Morgan fingerprint density at radius 3 is 2.52 bits per heavy atom. The number of carbonyl (C=O) groups excluding carboxylic acids is 2. The van der Waals surface area contributed by atoms with Gasteiger partial charge in [-0.15, -0.1) is 11.8 Å². The maximum atomic E-state index is 12.7. The van der Waals surface area contributed by atoms with Crippen LogP contribution in [0.25, 0.3) is 0 Å². The molecule has 154 valence electrons. The van der Waals surface area contributed by atoms with Crippen molar-refractivity contribution in [3.63, 3.8) is 0 Å². The van der Waals surface area contributed by atoms with Crippen molar-refractivity contribution in [2.24, 2.45) is 0 Å². The van der Waals surface area contributed by atoms with Crippen molar-refractivity contribution in [1.29, 1.82) is 0 Å². The molecule has 0 aromatic heterocycles. The summed E-state index contributed by atoms with van der Waals surface area (Å²) in [5.41, 5.74) is 1.45. The van der Waals surface area contributed by atoms with Crippen LogP contribution in [0.15, 0.2) is 53.4 Å². The lowest BCUT2D eigenvalue weighted by Crippen LogP contribution is -2.39. The first-order valence-corrected chi connectivity index (χ1v) is 11.4. The fraction of sp³-hybridized carbons (Fsp3) is 0.391. The van der Waals surface area contributed by atoms with E-state index in [0.29, 0.717) is 28.9 Å². The van der Waals surface area contributed by atoms with Crippen LogP contribution in [-0.4, -0.2) is 35.6 Å². The van der Waals surface area contributed by atoms with Gasteiger partial charge in [-0.05, 0) is 36.6 Å². The molecule has 0 spiro atoms. The van der Waals surface area contributed by atoms with Crippen LogP contribution in [0.4, 0.5) is 0 Å². The van der Waals surface area contributed by atoms with Crippen LogP contribution in [0.3, 0.4) is 0 Å². The molecular weight excluding hydrogens is 404 g/mol. The van der Waals surface area contributed by atoms with Gasteiger partial charge in [0.15, 0.2) is 0 Å². The van der Waals surface area contributed by atoms with Crippen LogP contribution in [0.1, 0.15) is 48.0 Å². The zero-order valence-electron chi connectivity index (χ0n) is 16.7. The van der Waals surface area contributed by atoms with Gasteiger partial charge in [0.05, 0.1) is 11.3 Å². The summed E-state index contributed by atoms with van der Waals surface area (Å²) in [4.78, 5) is 28.1. The number of amides is 2. The number of nitrogens with one attached hydrogen (secondary N) is 1. The SMILES string of the molecule is CN(C(=O)CSc1ccccc1C(=O)NCc1ccccc1Cl)C1CCCCC1. The molecule has 0 saturated heterocycles. The lowest BCUT2D eigenvalue weighted by atomic mass is 9.94. The van der Waals surface area contributed by atoms with Gasteiger partial charge in [0.2, 0.25) is 5.91 Å². The molecule has 0 bridgehead atoms. The minimum absolute atomic E-state index is 0.119. The van der Waals surface area contributed by atoms with Crippen molar-refractivity contribution >= 4 is 35.2 Å². The Bertz CT molecular complexity index is 852. The average molecular weight is 431 g/mol. The molecule has 2 aromatic carbocycles. The van der Waals surface area contributed by atoms with E-state index >= 15 is 0 Å². The molecule has 2 amide bonds. The number of thioether (sulfide) groups is 1. The monoisotopic (exact) mass is 430 g/mol. The Morgan fingerprint density at radius 1 is 1.07 bits per heavy atom. The highest BCUT2D eigenvalue weighted by molar-refractivity contribution is 8.00. The largest absolute Gasteiger partial charge is 0.348 e. The van der Waals surface area contributed by atoms with Crippen molar-refractivity contribution in [3.8, 4) is 0 Å². The van der Waals surface area contributed by atoms with Crippen molar-refractivity contribution in [2.75, 3.05) is 12.8 Å². The first-order chi connectivity index (χ1) is 14.1. The third kappa shape index (κ3) is 6.00. The first-order valence-electron chi connectivity index (χ1n) is 10.1. The van der Waals surface area contributed by atoms with Crippen LogP contribution in [0.5, 0.6) is 0 Å². The van der Waals surface area contributed by atoms with Gasteiger partial charge in [-0.1, -0.05) is 61.2 Å². The van der Waals surface area contributed by atoms with Gasteiger partial charge < -0.3 is 10.2 Å². The van der Waals surface area contributed by atoms with Crippen LogP contribution < -0.4 is 5.32 Å². The van der Waals surface area contributed by atoms with Crippen molar-refractivity contribution in [3.05, 3.63) is 64.7 Å². The molecule has 1 aliphatic carbocycles. The molecule has 0 unspecified atom stereocenters. The van der Waals surface area contributed by atoms with E-state index in [-0.39, 0.29) is 11.8 Å². The Kier molecular flexibility index (Phi) is 8.01. The third-order valence-electron chi connectivity index (χ3n) is 5.40. The Morgan fingerprint density at radius 2 is 1.76 bits per heavy atom. The molecule has 1 aliphatic rings. The van der Waals surface area contributed by atoms with Gasteiger partial charge in [-0.2, -0.15) is 0 Å². The summed E-state index contributed by atoms with van der Waals surface area (Å²) in [5, 5.41) is 3.56. The topological polar surface area (TPSA) is 49.4 Å². The van der Waals surface area contributed by atoms with E-state index in [1.165, 1.54) is 31.0 Å². The summed E-state index contributed by atoms with van der Waals surface area (Å²) in [6.07, 6.45) is 5.85. The number of halogens is 1. The Hall–Kier alpha value is -1.98. The van der Waals surface area contributed by atoms with Gasteiger partial charge in [0.25, 0.3) is 5.91 Å². The van der Waals surface area contributed by atoms with Gasteiger partial charge in [0, 0.05) is 29.6 Å². The highest BCUT2D eigenvalue weighted by Gasteiger charge is 2.22. The van der Waals surface area contributed by atoms with Crippen LogP contribution in [-0.2, 0) is 11.3 Å². The van der Waals surface area contributed by atoms with Gasteiger partial charge in [-0.25, -0.2) is 0 Å². The number of nitrogens with zero attached hydrogens (tertiary/aromatic N) is 1. The maximum absolute atomic E-state index is 12.7. The molecule has 2 aromatic rings. The van der Waals surface area contributed by atoms with Crippen molar-refractivity contribution < 1.29 is 9.59 Å². The number of benzene rings is 2. The van der Waals surface area contributed by atoms with E-state index in [1.807, 2.05) is 48.3 Å². The molecule has 29 heavy (non-hydrogen) atoms. The lowest BCUT2D eigenvalue weighted by Gasteiger charge is -2.31. The highest BCUT2D eigenvalue weighted by Crippen LogP contribution is 2.26. The Balaban J connectivity index is 1.58. The number of hydrogen-bond acceptors (Lipinski definition) is 3. The standard InChI is InChI=1S/C23H27ClN2O2S/c1-26(18-10-3-2-4-11-18)22(27)16-29-21-14-8-6-12-19(21)23(28)25-15-17-9-5-7-13-20(17)24/h5-9,12-14,18H,2-4,10-11,15-16H2,1H3,(H,25,28). The van der Waals surface area contributed by atoms with E-state index in [1.54, 1.807) is 12.1 Å². The summed E-state index contributed by atoms with van der Waals surface area (Å²) < 4.78 is 0. The zero-order chi connectivity index (χ0) is 20.6. The molecule has 6 heteroatoms. The van der Waals surface area contributed by atoms with Crippen LogP contribution >= 0.6 is 23.4 Å². The summed E-state index contributed by atoms with van der Waals surface area (Å²) >= 11 is 7.59. The van der Waals surface area contributed by atoms with Crippen molar-refractivity contribution in [2.45, 2.75) is 49.6 Å². The number of rotatable bonds is 7. The van der Waals surface area contributed by atoms with Gasteiger partial charge in [0.1, 0.15) is 0 Å². The third-order valence-corrected chi connectivity index (χ3v) is 6.82. The van der Waals surface area contributed by atoms with E-state index in [2.05, 4.69) is 5.32 Å². The van der Waals surface area contributed by atoms with E-state index in [9.17, 15) is 9.59 Å². The summed E-state index contributed by atoms with van der Waals surface area (Å²) in [5.74, 6) is 0.288. The fourth-order valence-corrected chi connectivity index (χ4v) is 4.78. The average Bonchev–Trinajstić information content (AvgIpc) is 2.77. The highest BCUT2D eigenvalue weighted by atomic mass is 35.5. The summed E-state index contributed by atoms with van der Waals surface area (Å²) in [6.45, 7) is 0.362. The fourth-order valence-electron chi connectivity index (χ4n) is 3.61. The molecule has 1 N–H and O–H groups in total. The van der Waals surface area contributed by atoms with Gasteiger partial charge in [-0.3, -0.25) is 9.59 Å². The quantitative estimate of drug-likeness (QED) is 0.617. The smallest absolute Gasteiger partial charge is 0.252 e. The van der Waals surface area contributed by atoms with Gasteiger partial charge >= 0.3 is 0 Å². The number of carbonyl (C=O) groups is 2. The predicted octanol–water partition coefficient (Wildman–Crippen LogP) is 5.15. The second-order valence-corrected chi connectivity index (χ2v) is 8.78. The van der Waals surface area contributed by atoms with E-state index < -0.39 is 0 Å². The second-order valence-electron chi connectivity index (χ2n) is 7.36.